The minimum atomic E-state index is -1.62. The Bertz CT molecular complexity index is 1110. The molecule has 31 heavy (non-hydrogen) atoms. The van der Waals surface area contributed by atoms with Gasteiger partial charge < -0.3 is 5.11 Å². The van der Waals surface area contributed by atoms with E-state index in [4.69, 9.17) is 33.6 Å². The zero-order valence-electron chi connectivity index (χ0n) is 16.6. The van der Waals surface area contributed by atoms with E-state index in [-0.39, 0.29) is 17.3 Å². The predicted molar refractivity (Wildman–Crippen MR) is 114 cm³/mol. The van der Waals surface area contributed by atoms with Gasteiger partial charge in [-0.2, -0.15) is 20.8 Å². The van der Waals surface area contributed by atoms with E-state index >= 15 is 0 Å². The Balaban J connectivity index is 2.34. The molecule has 10 heteroatoms. The monoisotopic (exact) mass is 457 g/mol. The lowest BCUT2D eigenvalue weighted by atomic mass is 9.77. The van der Waals surface area contributed by atoms with Crippen LogP contribution >= 0.6 is 23.2 Å². The van der Waals surface area contributed by atoms with E-state index in [1.165, 1.54) is 19.1 Å². The number of likely N-dealkylation sites (N-methyl/N-ethyl adjacent to an activating group) is 1. The number of hydrogen-bond acceptors (Lipinski definition) is 6. The van der Waals surface area contributed by atoms with Gasteiger partial charge in [0.15, 0.2) is 0 Å². The maximum absolute atomic E-state index is 12.1. The highest BCUT2D eigenvalue weighted by atomic mass is 35.5. The van der Waals surface area contributed by atoms with Crippen LogP contribution in [-0.4, -0.2) is 34.6 Å². The van der Waals surface area contributed by atoms with Crippen molar-refractivity contribution in [2.75, 3.05) is 6.54 Å². The van der Waals surface area contributed by atoms with E-state index in [0.29, 0.717) is 21.0 Å². The molecule has 8 nitrogen and oxygen atoms in total. The molecule has 2 unspecified atom stereocenters. The van der Waals surface area contributed by atoms with Crippen molar-refractivity contribution < 1.29 is 14.7 Å². The number of halogens is 2. The number of amides is 2. The molecule has 0 heterocycles. The second-order valence-electron chi connectivity index (χ2n) is 6.52. The third-order valence-electron chi connectivity index (χ3n) is 4.59. The van der Waals surface area contributed by atoms with Crippen molar-refractivity contribution in [3.8, 4) is 12.1 Å². The van der Waals surface area contributed by atoms with Crippen molar-refractivity contribution >= 4 is 40.9 Å². The van der Waals surface area contributed by atoms with Gasteiger partial charge in [-0.3, -0.25) is 4.79 Å². The van der Waals surface area contributed by atoms with Crippen molar-refractivity contribution in [1.82, 2.24) is 4.90 Å². The Morgan fingerprint density at radius 2 is 1.84 bits per heavy atom. The molecule has 2 atom stereocenters. The molecule has 0 radical (unpaired) electrons. The molecule has 0 saturated carbocycles. The van der Waals surface area contributed by atoms with Gasteiger partial charge in [-0.25, -0.2) is 9.69 Å². The fraction of sp³-hybridized carbons (Fsp3) is 0.238. The molecule has 0 fully saturated rings. The van der Waals surface area contributed by atoms with Crippen molar-refractivity contribution in [3.05, 3.63) is 63.6 Å². The number of imide groups is 1. The lowest BCUT2D eigenvalue weighted by molar-refractivity contribution is -0.129. The van der Waals surface area contributed by atoms with Crippen LogP contribution in [0, 0.1) is 22.7 Å². The van der Waals surface area contributed by atoms with Crippen molar-refractivity contribution in [2.24, 2.45) is 10.2 Å². The molecule has 0 aliphatic carbocycles. The van der Waals surface area contributed by atoms with Crippen LogP contribution in [0.2, 0.25) is 10.0 Å². The highest BCUT2D eigenvalue weighted by Gasteiger charge is 2.31. The largest absolute Gasteiger partial charge is 0.465 e. The third-order valence-corrected chi connectivity index (χ3v) is 5.16. The molecule has 2 aromatic rings. The lowest BCUT2D eigenvalue weighted by Crippen LogP contribution is -2.41. The average molecular weight is 458 g/mol. The number of nitrogens with zero attached hydrogens (tertiary/aromatic N) is 5. The zero-order valence-corrected chi connectivity index (χ0v) is 18.1. The van der Waals surface area contributed by atoms with Crippen LogP contribution in [0.15, 0.2) is 52.7 Å². The van der Waals surface area contributed by atoms with Gasteiger partial charge >= 0.3 is 6.09 Å². The lowest BCUT2D eigenvalue weighted by Gasteiger charge is -2.24. The molecule has 0 spiro atoms. The number of azo groups is 1. The maximum atomic E-state index is 12.1. The van der Waals surface area contributed by atoms with Crippen LogP contribution in [0.1, 0.15) is 25.0 Å². The van der Waals surface area contributed by atoms with Gasteiger partial charge in [-0.05, 0) is 49.2 Å². The number of rotatable bonds is 6. The molecule has 0 aromatic heterocycles. The molecule has 2 aromatic carbocycles. The predicted octanol–water partition coefficient (Wildman–Crippen LogP) is 5.33. The molecule has 1 N–H and O–H groups in total. The van der Waals surface area contributed by atoms with Crippen molar-refractivity contribution in [3.63, 3.8) is 0 Å². The Morgan fingerprint density at radius 3 is 2.32 bits per heavy atom. The summed E-state index contributed by atoms with van der Waals surface area (Å²) < 4.78 is 0. The van der Waals surface area contributed by atoms with E-state index in [0.717, 1.165) is 0 Å². The van der Waals surface area contributed by atoms with E-state index in [9.17, 15) is 14.9 Å². The highest BCUT2D eigenvalue weighted by Crippen LogP contribution is 2.38. The summed E-state index contributed by atoms with van der Waals surface area (Å²) in [5, 5.41) is 36.3. The molecule has 2 rings (SSSR count). The first-order valence-corrected chi connectivity index (χ1v) is 9.75. The quantitative estimate of drug-likeness (QED) is 0.585. The van der Waals surface area contributed by atoms with Crippen LogP contribution in [0.4, 0.5) is 10.5 Å². The molecule has 0 saturated heterocycles. The Morgan fingerprint density at radius 1 is 1.19 bits per heavy atom. The van der Waals surface area contributed by atoms with Crippen molar-refractivity contribution in [2.45, 2.75) is 25.3 Å². The first-order valence-electron chi connectivity index (χ1n) is 9.00. The summed E-state index contributed by atoms with van der Waals surface area (Å²) in [6, 6.07) is 13.7. The number of benzene rings is 2. The van der Waals surface area contributed by atoms with E-state index in [2.05, 4.69) is 16.3 Å². The summed E-state index contributed by atoms with van der Waals surface area (Å²) in [7, 11) is 0. The van der Waals surface area contributed by atoms with Crippen LogP contribution in [-0.2, 0) is 10.2 Å². The van der Waals surface area contributed by atoms with Crippen LogP contribution in [0.5, 0.6) is 0 Å². The number of nitriles is 2. The fourth-order valence-electron chi connectivity index (χ4n) is 2.82. The van der Waals surface area contributed by atoms with E-state index < -0.39 is 23.5 Å². The third kappa shape index (κ3) is 5.18. The topological polar surface area (TPSA) is 130 Å². The average Bonchev–Trinajstić information content (AvgIpc) is 2.74. The van der Waals surface area contributed by atoms with E-state index in [1.54, 1.807) is 43.3 Å². The summed E-state index contributed by atoms with van der Waals surface area (Å²) in [5.41, 5.74) is 0.385. The molecular formula is C21H17Cl2N5O3. The van der Waals surface area contributed by atoms with Gasteiger partial charge in [0.25, 0.3) is 5.91 Å². The summed E-state index contributed by atoms with van der Waals surface area (Å²) in [4.78, 5) is 23.7. The standard InChI is InChI=1S/C21H17Cl2N5O3/c1-3-28(20(30)31)19(29)18(11-24)27-26-15-8-9-16(17(23)10-15)21(2,12-25)13-4-6-14(22)7-5-13/h4-10,18H,3H2,1-2H3,(H,30,31). The minimum Gasteiger partial charge on any atom is -0.465 e. The van der Waals surface area contributed by atoms with Crippen LogP contribution in [0.25, 0.3) is 0 Å². The summed E-state index contributed by atoms with van der Waals surface area (Å²) in [6.45, 7) is 3.05. The SMILES string of the molecule is CCN(C(=O)O)C(=O)C(C#N)N=Nc1ccc(C(C)(C#N)c2ccc(Cl)cc2)c(Cl)c1. The molecule has 158 valence electrons. The Hall–Kier alpha value is -3.46. The molecule has 0 aliphatic heterocycles. The maximum Gasteiger partial charge on any atom is 0.414 e. The van der Waals surface area contributed by atoms with Gasteiger partial charge in [-0.15, -0.1) is 0 Å². The first-order chi connectivity index (χ1) is 14.7. The number of carboxylic acid groups (broad SMARTS) is 1. The summed E-state index contributed by atoms with van der Waals surface area (Å²) >= 11 is 12.3. The second kappa shape index (κ2) is 10.0. The highest BCUT2D eigenvalue weighted by molar-refractivity contribution is 6.32. The Kier molecular flexibility index (Phi) is 7.71. The van der Waals surface area contributed by atoms with Gasteiger partial charge in [0.1, 0.15) is 11.5 Å². The fourth-order valence-corrected chi connectivity index (χ4v) is 3.31. The molecule has 0 bridgehead atoms. The number of hydrogen-bond donors (Lipinski definition) is 1. The van der Waals surface area contributed by atoms with Gasteiger partial charge in [-0.1, -0.05) is 41.4 Å². The number of carbonyl (C=O) groups is 2. The minimum absolute atomic E-state index is 0.125. The summed E-state index contributed by atoms with van der Waals surface area (Å²) in [5.74, 6) is -0.997. The molecule has 2 amide bonds. The first kappa shape index (κ1) is 23.8. The van der Waals surface area contributed by atoms with Gasteiger partial charge in [0, 0.05) is 16.6 Å². The Labute approximate surface area is 188 Å². The zero-order chi connectivity index (χ0) is 23.2. The smallest absolute Gasteiger partial charge is 0.414 e. The van der Waals surface area contributed by atoms with Crippen molar-refractivity contribution in [1.29, 1.82) is 10.5 Å². The van der Waals surface area contributed by atoms with Crippen LogP contribution in [0.3, 0.4) is 0 Å². The second-order valence-corrected chi connectivity index (χ2v) is 7.36. The molecule has 0 aliphatic rings. The molecular weight excluding hydrogens is 441 g/mol. The van der Waals surface area contributed by atoms with E-state index in [1.807, 2.05) is 0 Å². The van der Waals surface area contributed by atoms with Crippen LogP contribution < -0.4 is 0 Å². The van der Waals surface area contributed by atoms with Gasteiger partial charge in [0.05, 0.1) is 11.8 Å². The number of carbonyl (C=O) groups excluding carboxylic acids is 1. The van der Waals surface area contributed by atoms with Gasteiger partial charge in [0.2, 0.25) is 6.04 Å². The normalized spacial score (nSPS) is 13.6. The summed E-state index contributed by atoms with van der Waals surface area (Å²) in [6.07, 6.45) is -1.48.